The van der Waals surface area contributed by atoms with Crippen molar-refractivity contribution in [3.8, 4) is 0 Å². The summed E-state index contributed by atoms with van der Waals surface area (Å²) in [4.78, 5) is 13.8. The number of carbonyl (C=O) groups excluding carboxylic acids is 1. The van der Waals surface area contributed by atoms with E-state index in [0.29, 0.717) is 18.1 Å². The number of thiocarbonyl (C=S) groups is 1. The molecule has 1 aromatic rings. The first kappa shape index (κ1) is 15.4. The predicted molar refractivity (Wildman–Crippen MR) is 82.1 cm³/mol. The van der Waals surface area contributed by atoms with Gasteiger partial charge >= 0.3 is 6.03 Å². The third-order valence-corrected chi connectivity index (χ3v) is 3.02. The largest absolute Gasteiger partial charge is 0.389 e. The van der Waals surface area contributed by atoms with E-state index in [1.165, 1.54) is 0 Å². The standard InChI is InChI=1S/C14H21N3OS/c1-3-4-8-16-14(18)17(2)10-11-6-5-7-12(9-11)13(15)19/h5-7,9H,3-4,8,10H2,1-2H3,(H2,15,19)(H,16,18). The molecule has 0 atom stereocenters. The van der Waals surface area contributed by atoms with Crippen LogP contribution in [0, 0.1) is 0 Å². The van der Waals surface area contributed by atoms with Gasteiger partial charge < -0.3 is 16.0 Å². The summed E-state index contributed by atoms with van der Waals surface area (Å²) in [5.41, 5.74) is 7.43. The molecule has 0 aliphatic carbocycles. The molecule has 3 N–H and O–H groups in total. The molecular weight excluding hydrogens is 258 g/mol. The van der Waals surface area contributed by atoms with Gasteiger partial charge in [-0.2, -0.15) is 0 Å². The summed E-state index contributed by atoms with van der Waals surface area (Å²) in [6, 6.07) is 7.57. The van der Waals surface area contributed by atoms with Crippen LogP contribution in [-0.4, -0.2) is 29.5 Å². The summed E-state index contributed by atoms with van der Waals surface area (Å²) in [5, 5.41) is 2.88. The highest BCUT2D eigenvalue weighted by molar-refractivity contribution is 7.80. The van der Waals surface area contributed by atoms with Crippen LogP contribution in [0.5, 0.6) is 0 Å². The maximum absolute atomic E-state index is 11.8. The fraction of sp³-hybridized carbons (Fsp3) is 0.429. The van der Waals surface area contributed by atoms with E-state index in [0.717, 1.165) is 24.0 Å². The molecule has 1 rings (SSSR count). The average Bonchev–Trinajstić information content (AvgIpc) is 2.39. The van der Waals surface area contributed by atoms with E-state index in [-0.39, 0.29) is 6.03 Å². The highest BCUT2D eigenvalue weighted by atomic mass is 32.1. The highest BCUT2D eigenvalue weighted by Crippen LogP contribution is 2.07. The molecule has 0 aliphatic heterocycles. The maximum Gasteiger partial charge on any atom is 0.317 e. The van der Waals surface area contributed by atoms with Crippen molar-refractivity contribution in [1.82, 2.24) is 10.2 Å². The van der Waals surface area contributed by atoms with E-state index in [1.807, 2.05) is 24.3 Å². The smallest absolute Gasteiger partial charge is 0.317 e. The fourth-order valence-electron chi connectivity index (χ4n) is 1.68. The number of unbranched alkanes of at least 4 members (excludes halogenated alkanes) is 1. The number of carbonyl (C=O) groups is 1. The zero-order valence-corrected chi connectivity index (χ0v) is 12.3. The number of rotatable bonds is 6. The minimum Gasteiger partial charge on any atom is -0.389 e. The van der Waals surface area contributed by atoms with Crippen molar-refractivity contribution < 1.29 is 4.79 Å². The molecule has 0 saturated heterocycles. The van der Waals surface area contributed by atoms with Crippen LogP contribution in [0.1, 0.15) is 30.9 Å². The van der Waals surface area contributed by atoms with Crippen LogP contribution in [0.4, 0.5) is 4.79 Å². The first-order valence-corrected chi connectivity index (χ1v) is 6.83. The fourth-order valence-corrected chi connectivity index (χ4v) is 1.80. The molecule has 104 valence electrons. The van der Waals surface area contributed by atoms with E-state index in [1.54, 1.807) is 11.9 Å². The van der Waals surface area contributed by atoms with Gasteiger partial charge in [-0.1, -0.05) is 43.8 Å². The highest BCUT2D eigenvalue weighted by Gasteiger charge is 2.08. The molecular formula is C14H21N3OS. The average molecular weight is 279 g/mol. The van der Waals surface area contributed by atoms with Crippen LogP contribution in [0.3, 0.4) is 0 Å². The molecule has 0 spiro atoms. The normalized spacial score (nSPS) is 10.0. The van der Waals surface area contributed by atoms with Crippen molar-refractivity contribution in [1.29, 1.82) is 0 Å². The van der Waals surface area contributed by atoms with Crippen molar-refractivity contribution in [2.24, 2.45) is 5.73 Å². The van der Waals surface area contributed by atoms with Crippen molar-refractivity contribution in [2.75, 3.05) is 13.6 Å². The monoisotopic (exact) mass is 279 g/mol. The number of nitrogens with two attached hydrogens (primary N) is 1. The van der Waals surface area contributed by atoms with Gasteiger partial charge in [0, 0.05) is 25.7 Å². The van der Waals surface area contributed by atoms with E-state index in [2.05, 4.69) is 12.2 Å². The van der Waals surface area contributed by atoms with E-state index < -0.39 is 0 Å². The van der Waals surface area contributed by atoms with E-state index >= 15 is 0 Å². The quantitative estimate of drug-likeness (QED) is 0.620. The first-order valence-electron chi connectivity index (χ1n) is 6.42. The molecule has 0 radical (unpaired) electrons. The second kappa shape index (κ2) is 7.74. The SMILES string of the molecule is CCCCNC(=O)N(C)Cc1cccc(C(N)=S)c1. The second-order valence-electron chi connectivity index (χ2n) is 4.51. The van der Waals surface area contributed by atoms with E-state index in [9.17, 15) is 4.79 Å². The summed E-state index contributed by atoms with van der Waals surface area (Å²) in [6.07, 6.45) is 2.07. The van der Waals surface area contributed by atoms with Crippen molar-refractivity contribution in [3.05, 3.63) is 35.4 Å². The van der Waals surface area contributed by atoms with Crippen LogP contribution in [0.15, 0.2) is 24.3 Å². The topological polar surface area (TPSA) is 58.4 Å². The lowest BCUT2D eigenvalue weighted by molar-refractivity contribution is 0.207. The van der Waals surface area contributed by atoms with Crippen LogP contribution in [0.25, 0.3) is 0 Å². The van der Waals surface area contributed by atoms with Crippen LogP contribution in [0.2, 0.25) is 0 Å². The minimum absolute atomic E-state index is 0.0609. The van der Waals surface area contributed by atoms with Crippen LogP contribution >= 0.6 is 12.2 Å². The zero-order chi connectivity index (χ0) is 14.3. The summed E-state index contributed by atoms with van der Waals surface area (Å²) in [7, 11) is 1.77. The number of nitrogens with one attached hydrogen (secondary N) is 1. The van der Waals surface area contributed by atoms with E-state index in [4.69, 9.17) is 18.0 Å². The van der Waals surface area contributed by atoms with Gasteiger partial charge in [-0.15, -0.1) is 0 Å². The van der Waals surface area contributed by atoms with Crippen molar-refractivity contribution >= 4 is 23.2 Å². The maximum atomic E-state index is 11.8. The number of hydrogen-bond acceptors (Lipinski definition) is 2. The Kier molecular flexibility index (Phi) is 6.29. The molecule has 0 aromatic heterocycles. The molecule has 2 amide bonds. The minimum atomic E-state index is -0.0609. The van der Waals surface area contributed by atoms with Crippen molar-refractivity contribution in [2.45, 2.75) is 26.3 Å². The van der Waals surface area contributed by atoms with Gasteiger partial charge in [0.2, 0.25) is 0 Å². The molecule has 0 aliphatic rings. The Morgan fingerprint density at radius 3 is 2.84 bits per heavy atom. The molecule has 0 fully saturated rings. The lowest BCUT2D eigenvalue weighted by Crippen LogP contribution is -2.37. The van der Waals surface area contributed by atoms with Gasteiger partial charge in [-0.05, 0) is 18.1 Å². The Bertz CT molecular complexity index is 448. The number of benzene rings is 1. The molecule has 4 nitrogen and oxygen atoms in total. The molecule has 0 saturated carbocycles. The van der Waals surface area contributed by atoms with Gasteiger partial charge in [0.1, 0.15) is 4.99 Å². The molecule has 0 unspecified atom stereocenters. The van der Waals surface area contributed by atoms with Gasteiger partial charge in [0.05, 0.1) is 0 Å². The Morgan fingerprint density at radius 2 is 2.21 bits per heavy atom. The Hall–Kier alpha value is -1.62. The summed E-state index contributed by atoms with van der Waals surface area (Å²) >= 11 is 4.94. The predicted octanol–water partition coefficient (Wildman–Crippen LogP) is 2.26. The van der Waals surface area contributed by atoms with Crippen LogP contribution in [-0.2, 0) is 6.54 Å². The summed E-state index contributed by atoms with van der Waals surface area (Å²) < 4.78 is 0. The number of urea groups is 1. The third-order valence-electron chi connectivity index (χ3n) is 2.78. The number of hydrogen-bond donors (Lipinski definition) is 2. The van der Waals surface area contributed by atoms with Crippen molar-refractivity contribution in [3.63, 3.8) is 0 Å². The van der Waals surface area contributed by atoms with Crippen LogP contribution < -0.4 is 11.1 Å². The molecule has 0 heterocycles. The van der Waals surface area contributed by atoms with Gasteiger partial charge in [0.25, 0.3) is 0 Å². The second-order valence-corrected chi connectivity index (χ2v) is 4.95. The zero-order valence-electron chi connectivity index (χ0n) is 11.5. The third kappa shape index (κ3) is 5.26. The Morgan fingerprint density at radius 1 is 1.47 bits per heavy atom. The molecule has 0 bridgehead atoms. The van der Waals surface area contributed by atoms with Gasteiger partial charge in [-0.3, -0.25) is 0 Å². The molecule has 5 heteroatoms. The lowest BCUT2D eigenvalue weighted by atomic mass is 10.1. The number of nitrogens with zero attached hydrogens (tertiary/aromatic N) is 1. The summed E-state index contributed by atoms with van der Waals surface area (Å²) in [6.45, 7) is 3.35. The summed E-state index contributed by atoms with van der Waals surface area (Å²) in [5.74, 6) is 0. The van der Waals surface area contributed by atoms with Gasteiger partial charge in [-0.25, -0.2) is 4.79 Å². The first-order chi connectivity index (χ1) is 9.04. The number of amides is 2. The molecule has 1 aromatic carbocycles. The van der Waals surface area contributed by atoms with Gasteiger partial charge in [0.15, 0.2) is 0 Å². The Labute approximate surface area is 120 Å². The molecule has 19 heavy (non-hydrogen) atoms. The Balaban J connectivity index is 2.56. The lowest BCUT2D eigenvalue weighted by Gasteiger charge is -2.18.